The van der Waals surface area contributed by atoms with E-state index >= 15 is 0 Å². The molecule has 3 atom stereocenters. The molecule has 1 aromatic carbocycles. The third kappa shape index (κ3) is 13.5. The number of hydroxylamine groups is 2. The van der Waals surface area contributed by atoms with Crippen molar-refractivity contribution < 1.29 is 38.3 Å². The van der Waals surface area contributed by atoms with Crippen molar-refractivity contribution in [3.8, 4) is 0 Å². The number of nitrogens with one attached hydrogen (secondary N) is 4. The topological polar surface area (TPSA) is 184 Å². The van der Waals surface area contributed by atoms with Crippen molar-refractivity contribution in [2.24, 2.45) is 17.8 Å². The van der Waals surface area contributed by atoms with Crippen LogP contribution in [-0.4, -0.2) is 95.4 Å². The molecule has 2 aromatic rings. The number of methoxy groups -OCH3 is 2. The van der Waals surface area contributed by atoms with Crippen molar-refractivity contribution in [1.82, 2.24) is 36.1 Å². The van der Waals surface area contributed by atoms with E-state index in [2.05, 4.69) is 26.0 Å². The normalized spacial score (nSPS) is 15.1. The first-order valence-corrected chi connectivity index (χ1v) is 17.7. The highest BCUT2D eigenvalue weighted by molar-refractivity contribution is 5.87. The summed E-state index contributed by atoms with van der Waals surface area (Å²) < 4.78 is 9.59. The molecule has 0 aliphatic heterocycles. The van der Waals surface area contributed by atoms with Gasteiger partial charge in [-0.1, -0.05) is 77.3 Å². The zero-order chi connectivity index (χ0) is 37.3. The molecule has 1 saturated carbocycles. The van der Waals surface area contributed by atoms with Gasteiger partial charge in [0.25, 0.3) is 11.8 Å². The van der Waals surface area contributed by atoms with Gasteiger partial charge in [-0.15, -0.1) is 0 Å². The molecule has 0 spiro atoms. The van der Waals surface area contributed by atoms with Gasteiger partial charge in [0.1, 0.15) is 12.1 Å². The third-order valence-corrected chi connectivity index (χ3v) is 8.95. The number of aromatic amines is 1. The Hall–Kier alpha value is -4.66. The molecule has 1 heterocycles. The average Bonchev–Trinajstić information content (AvgIpc) is 3.63. The van der Waals surface area contributed by atoms with Gasteiger partial charge in [0.2, 0.25) is 0 Å². The van der Waals surface area contributed by atoms with Crippen LogP contribution in [0.1, 0.15) is 77.5 Å². The number of hydrogen-bond donors (Lipinski definition) is 4. The Bertz CT molecular complexity index is 1380. The van der Waals surface area contributed by atoms with Crippen LogP contribution >= 0.6 is 0 Å². The van der Waals surface area contributed by atoms with Crippen molar-refractivity contribution in [1.29, 1.82) is 0 Å². The van der Waals surface area contributed by atoms with Crippen LogP contribution in [0.4, 0.5) is 9.59 Å². The summed E-state index contributed by atoms with van der Waals surface area (Å²) in [5, 5.41) is 8.04. The summed E-state index contributed by atoms with van der Waals surface area (Å²) >= 11 is 0. The number of hydrogen-bond acceptors (Lipinski definition) is 10. The second kappa shape index (κ2) is 20.9. The molecule has 1 aliphatic carbocycles. The highest BCUT2D eigenvalue weighted by atomic mass is 16.7. The van der Waals surface area contributed by atoms with Crippen LogP contribution in [0.3, 0.4) is 0 Å². The lowest BCUT2D eigenvalue weighted by molar-refractivity contribution is -0.211. The zero-order valence-corrected chi connectivity index (χ0v) is 30.7. The maximum absolute atomic E-state index is 14.5. The maximum atomic E-state index is 14.5. The first-order chi connectivity index (χ1) is 24.4. The first-order valence-electron chi connectivity index (χ1n) is 17.7. The van der Waals surface area contributed by atoms with Crippen LogP contribution in [0, 0.1) is 17.8 Å². The quantitative estimate of drug-likeness (QED) is 0.175. The van der Waals surface area contributed by atoms with Crippen LogP contribution < -0.4 is 16.1 Å². The molecule has 0 unspecified atom stereocenters. The Kier molecular flexibility index (Phi) is 16.7. The minimum absolute atomic E-state index is 0.0736. The standard InChI is InChI=1S/C36H55N7O8/c1-24(2)31(39-35(47)49-5)33(45)41-42(21-27-15-11-8-12-16-27)22-29(18-17-26-13-9-7-10-14-26)43(51-30(44)19-28-20-37-23-38-28)34(46)32(25(3)4)40-36(48)50-6/h7,9-10,13-14,20,23-25,27,29,31-32H,8,11-12,15-19,21-22H2,1-6H3,(H,37,38)(H,39,47)(H,40,48)(H,41,45)/t29-,31-,32-/m0/s1. The number of carbonyl (C=O) groups excluding carboxylic acids is 5. The molecule has 0 radical (unpaired) electrons. The number of carbonyl (C=O) groups is 5. The van der Waals surface area contributed by atoms with E-state index in [1.54, 1.807) is 18.9 Å². The number of rotatable bonds is 17. The fourth-order valence-electron chi connectivity index (χ4n) is 6.12. The van der Waals surface area contributed by atoms with E-state index in [-0.39, 0.29) is 24.8 Å². The molecular weight excluding hydrogens is 658 g/mol. The van der Waals surface area contributed by atoms with Gasteiger partial charge >= 0.3 is 18.2 Å². The Labute approximate surface area is 300 Å². The van der Waals surface area contributed by atoms with Crippen LogP contribution in [0.5, 0.6) is 0 Å². The molecule has 1 fully saturated rings. The van der Waals surface area contributed by atoms with Crippen molar-refractivity contribution in [3.05, 3.63) is 54.1 Å². The smallest absolute Gasteiger partial charge is 0.407 e. The largest absolute Gasteiger partial charge is 0.453 e. The summed E-state index contributed by atoms with van der Waals surface area (Å²) in [5.74, 6) is -2.24. The molecule has 51 heavy (non-hydrogen) atoms. The number of H-pyrrole nitrogens is 1. The van der Waals surface area contributed by atoms with Crippen molar-refractivity contribution in [2.75, 3.05) is 27.3 Å². The molecule has 15 nitrogen and oxygen atoms in total. The fraction of sp³-hybridized carbons (Fsp3) is 0.611. The van der Waals surface area contributed by atoms with E-state index in [1.165, 1.54) is 26.7 Å². The van der Waals surface area contributed by atoms with Gasteiger partial charge in [-0.05, 0) is 49.0 Å². The third-order valence-electron chi connectivity index (χ3n) is 8.95. The first kappa shape index (κ1) is 40.8. The van der Waals surface area contributed by atoms with Gasteiger partial charge in [-0.3, -0.25) is 15.0 Å². The number of aromatic nitrogens is 2. The molecule has 282 valence electrons. The predicted molar refractivity (Wildman–Crippen MR) is 188 cm³/mol. The van der Waals surface area contributed by atoms with Crippen molar-refractivity contribution >= 4 is 30.0 Å². The minimum atomic E-state index is -1.10. The van der Waals surface area contributed by atoms with Gasteiger partial charge in [-0.25, -0.2) is 24.4 Å². The predicted octanol–water partition coefficient (Wildman–Crippen LogP) is 3.92. The fourth-order valence-corrected chi connectivity index (χ4v) is 6.12. The molecule has 4 amide bonds. The molecule has 0 saturated heterocycles. The van der Waals surface area contributed by atoms with Gasteiger partial charge < -0.3 is 29.9 Å². The maximum Gasteiger partial charge on any atom is 0.407 e. The monoisotopic (exact) mass is 713 g/mol. The van der Waals surface area contributed by atoms with Gasteiger partial charge in [-0.2, -0.15) is 5.06 Å². The van der Waals surface area contributed by atoms with Gasteiger partial charge in [0, 0.05) is 25.0 Å². The van der Waals surface area contributed by atoms with Gasteiger partial charge in [0.15, 0.2) is 0 Å². The Morgan fingerprint density at radius 2 is 1.53 bits per heavy atom. The highest BCUT2D eigenvalue weighted by Gasteiger charge is 2.38. The summed E-state index contributed by atoms with van der Waals surface area (Å²) in [6, 6.07) is 6.88. The van der Waals surface area contributed by atoms with E-state index in [1.807, 2.05) is 44.2 Å². The number of alkyl carbamates (subject to hydrolysis) is 2. The SMILES string of the molecule is COC(=O)N[C@H](C(=O)NN(CC1CCCCC1)C[C@H](CCc1ccccc1)N(OC(=O)Cc1cnc[nH]1)C(=O)[C@@H](NC(=O)OC)C(C)C)C(C)C. The van der Waals surface area contributed by atoms with Gasteiger partial charge in [0.05, 0.1) is 33.0 Å². The van der Waals surface area contributed by atoms with E-state index in [0.29, 0.717) is 25.1 Å². The van der Waals surface area contributed by atoms with E-state index in [0.717, 1.165) is 42.7 Å². The number of amides is 4. The average molecular weight is 714 g/mol. The second-order valence-corrected chi connectivity index (χ2v) is 13.7. The lowest BCUT2D eigenvalue weighted by Crippen LogP contribution is -2.60. The van der Waals surface area contributed by atoms with Crippen LogP contribution in [0.15, 0.2) is 42.9 Å². The molecule has 0 bridgehead atoms. The molecular formula is C36H55N7O8. The molecule has 4 N–H and O–H groups in total. The second-order valence-electron chi connectivity index (χ2n) is 13.7. The summed E-state index contributed by atoms with van der Waals surface area (Å²) in [4.78, 5) is 79.0. The number of ether oxygens (including phenoxy) is 2. The minimum Gasteiger partial charge on any atom is -0.453 e. The van der Waals surface area contributed by atoms with Crippen molar-refractivity contribution in [2.45, 2.75) is 97.2 Å². The summed E-state index contributed by atoms with van der Waals surface area (Å²) in [6.45, 7) is 7.69. The number of aryl methyl sites for hydroxylation is 1. The molecule has 1 aromatic heterocycles. The van der Waals surface area contributed by atoms with Crippen LogP contribution in [0.2, 0.25) is 0 Å². The number of benzene rings is 1. The molecule has 3 rings (SSSR count). The van der Waals surface area contributed by atoms with Crippen molar-refractivity contribution in [3.63, 3.8) is 0 Å². The number of imidazole rings is 1. The molecule has 1 aliphatic rings. The number of hydrazine groups is 1. The molecule has 15 heteroatoms. The summed E-state index contributed by atoms with van der Waals surface area (Å²) in [7, 11) is 2.43. The number of nitrogens with zero attached hydrogens (tertiary/aromatic N) is 3. The lowest BCUT2D eigenvalue weighted by atomic mass is 9.89. The Balaban J connectivity index is 2.05. The van der Waals surface area contributed by atoms with E-state index < -0.39 is 54.0 Å². The van der Waals surface area contributed by atoms with Crippen LogP contribution in [0.25, 0.3) is 0 Å². The lowest BCUT2D eigenvalue weighted by Gasteiger charge is -2.38. The van der Waals surface area contributed by atoms with E-state index in [4.69, 9.17) is 14.3 Å². The summed E-state index contributed by atoms with van der Waals surface area (Å²) in [5.41, 5.74) is 4.51. The van der Waals surface area contributed by atoms with E-state index in [9.17, 15) is 24.0 Å². The zero-order valence-electron chi connectivity index (χ0n) is 30.7. The Morgan fingerprint density at radius 1 is 0.902 bits per heavy atom. The highest BCUT2D eigenvalue weighted by Crippen LogP contribution is 2.25. The van der Waals surface area contributed by atoms with Crippen LogP contribution in [-0.2, 0) is 41.5 Å². The summed E-state index contributed by atoms with van der Waals surface area (Å²) in [6.07, 6.45) is 7.24. The Morgan fingerprint density at radius 3 is 2.10 bits per heavy atom.